The number of benzene rings is 2. The molecule has 0 unspecified atom stereocenters. The molecule has 7 heteroatoms. The number of carbonyl (C=O) groups excluding carboxylic acids is 1. The summed E-state index contributed by atoms with van der Waals surface area (Å²) in [5.41, 5.74) is 3.37. The minimum absolute atomic E-state index is 0.00492. The number of hydrogen-bond acceptors (Lipinski definition) is 5. The lowest BCUT2D eigenvalue weighted by molar-refractivity contribution is -0.137. The van der Waals surface area contributed by atoms with Crippen LogP contribution in [0, 0.1) is 6.92 Å². The zero-order valence-electron chi connectivity index (χ0n) is 20.5. The molecule has 0 fully saturated rings. The third-order valence-electron chi connectivity index (χ3n) is 6.23. The van der Waals surface area contributed by atoms with Gasteiger partial charge >= 0.3 is 0 Å². The van der Waals surface area contributed by atoms with E-state index in [0.29, 0.717) is 56.4 Å². The van der Waals surface area contributed by atoms with E-state index in [2.05, 4.69) is 0 Å². The van der Waals surface area contributed by atoms with Crippen LogP contribution in [0.1, 0.15) is 47.6 Å². The highest BCUT2D eigenvalue weighted by Gasteiger charge is 2.28. The summed E-state index contributed by atoms with van der Waals surface area (Å²) >= 11 is 0. The molecule has 2 heterocycles. The van der Waals surface area contributed by atoms with Gasteiger partial charge in [-0.05, 0) is 30.9 Å². The number of hydrogen-bond donors (Lipinski definition) is 0. The van der Waals surface area contributed by atoms with Crippen LogP contribution >= 0.6 is 0 Å². The maximum absolute atomic E-state index is 13.8. The molecule has 0 N–H and O–H groups in total. The van der Waals surface area contributed by atoms with Crippen LogP contribution in [0.4, 0.5) is 0 Å². The van der Waals surface area contributed by atoms with Crippen molar-refractivity contribution in [3.05, 3.63) is 99.2 Å². The van der Waals surface area contributed by atoms with Crippen LogP contribution in [-0.4, -0.2) is 53.3 Å². The van der Waals surface area contributed by atoms with E-state index in [-0.39, 0.29) is 24.1 Å². The number of amides is 1. The van der Waals surface area contributed by atoms with E-state index in [4.69, 9.17) is 14.5 Å². The Morgan fingerprint density at radius 1 is 0.971 bits per heavy atom. The number of aromatic nitrogens is 2. The number of fused-ring (bicyclic) bond motifs is 1. The van der Waals surface area contributed by atoms with Gasteiger partial charge in [0.05, 0.1) is 31.5 Å². The van der Waals surface area contributed by atoms with E-state index in [1.165, 1.54) is 0 Å². The molecule has 0 saturated heterocycles. The standard InChI is InChI=1S/C28H33N3O4/c1-3-16-34-17-18-35-20-26(32)30-15-14-24-25(19-30)29-21(2)31(28(24)33)27(22-10-6-4-7-11-22)23-12-8-5-9-13-23/h4-13,27H,3,14-20H2,1-2H3. The fraction of sp³-hybridized carbons (Fsp3) is 0.393. The van der Waals surface area contributed by atoms with Crippen molar-refractivity contribution in [1.82, 2.24) is 14.5 Å². The highest BCUT2D eigenvalue weighted by atomic mass is 16.5. The molecule has 0 aliphatic carbocycles. The normalized spacial score (nSPS) is 13.2. The molecule has 3 aromatic rings. The lowest BCUT2D eigenvalue weighted by Crippen LogP contribution is -2.43. The van der Waals surface area contributed by atoms with Crippen LogP contribution in [0.3, 0.4) is 0 Å². The zero-order chi connectivity index (χ0) is 24.6. The summed E-state index contributed by atoms with van der Waals surface area (Å²) in [4.78, 5) is 33.0. The van der Waals surface area contributed by atoms with Crippen LogP contribution in [0.25, 0.3) is 0 Å². The van der Waals surface area contributed by atoms with Crippen LogP contribution in [0.15, 0.2) is 65.5 Å². The maximum Gasteiger partial charge on any atom is 0.257 e. The number of ether oxygens (including phenoxy) is 2. The summed E-state index contributed by atoms with van der Waals surface area (Å²) in [6.45, 7) is 6.27. The molecular weight excluding hydrogens is 442 g/mol. The minimum atomic E-state index is -0.273. The maximum atomic E-state index is 13.8. The molecule has 1 amide bonds. The second kappa shape index (κ2) is 11.9. The summed E-state index contributed by atoms with van der Waals surface area (Å²) in [7, 11) is 0. The molecule has 0 saturated carbocycles. The van der Waals surface area contributed by atoms with Crippen LogP contribution in [0.2, 0.25) is 0 Å². The van der Waals surface area contributed by atoms with Gasteiger partial charge in [-0.1, -0.05) is 67.6 Å². The van der Waals surface area contributed by atoms with E-state index in [1.807, 2.05) is 74.5 Å². The first-order valence-electron chi connectivity index (χ1n) is 12.2. The smallest absolute Gasteiger partial charge is 0.257 e. The minimum Gasteiger partial charge on any atom is -0.379 e. The van der Waals surface area contributed by atoms with Crippen LogP contribution in [0.5, 0.6) is 0 Å². The van der Waals surface area contributed by atoms with E-state index >= 15 is 0 Å². The first-order valence-corrected chi connectivity index (χ1v) is 12.2. The monoisotopic (exact) mass is 475 g/mol. The fourth-order valence-corrected chi connectivity index (χ4v) is 4.51. The largest absolute Gasteiger partial charge is 0.379 e. The lowest BCUT2D eigenvalue weighted by Gasteiger charge is -2.30. The molecule has 7 nitrogen and oxygen atoms in total. The predicted octanol–water partition coefficient (Wildman–Crippen LogP) is 3.52. The van der Waals surface area contributed by atoms with Gasteiger partial charge in [0.2, 0.25) is 5.91 Å². The Morgan fingerprint density at radius 3 is 2.23 bits per heavy atom. The van der Waals surface area contributed by atoms with Gasteiger partial charge in [0.25, 0.3) is 5.56 Å². The van der Waals surface area contributed by atoms with E-state index in [1.54, 1.807) is 9.47 Å². The SMILES string of the molecule is CCCOCCOCC(=O)N1CCc2c(nc(C)n(C(c3ccccc3)c3ccccc3)c2=O)C1. The Kier molecular flexibility index (Phi) is 8.45. The number of aryl methyl sites for hydroxylation is 1. The third kappa shape index (κ3) is 5.86. The fourth-order valence-electron chi connectivity index (χ4n) is 4.51. The zero-order valence-corrected chi connectivity index (χ0v) is 20.5. The molecule has 1 aliphatic rings. The van der Waals surface area contributed by atoms with Gasteiger partial charge in [0.15, 0.2) is 0 Å². The van der Waals surface area contributed by atoms with E-state index < -0.39 is 0 Å². The Bertz CT molecular complexity index is 1140. The van der Waals surface area contributed by atoms with Crippen molar-refractivity contribution in [2.75, 3.05) is 33.0 Å². The first kappa shape index (κ1) is 24.8. The highest BCUT2D eigenvalue weighted by Crippen LogP contribution is 2.27. The number of rotatable bonds is 10. The molecule has 35 heavy (non-hydrogen) atoms. The molecule has 184 valence electrons. The summed E-state index contributed by atoms with van der Waals surface area (Å²) in [5, 5.41) is 0. The molecule has 2 aromatic carbocycles. The molecule has 4 rings (SSSR count). The summed E-state index contributed by atoms with van der Waals surface area (Å²) in [6, 6.07) is 19.8. The average Bonchev–Trinajstić information content (AvgIpc) is 2.89. The van der Waals surface area contributed by atoms with Crippen molar-refractivity contribution in [2.24, 2.45) is 0 Å². The van der Waals surface area contributed by atoms with Gasteiger partial charge in [-0.3, -0.25) is 14.2 Å². The van der Waals surface area contributed by atoms with Crippen molar-refractivity contribution in [3.8, 4) is 0 Å². The summed E-state index contributed by atoms with van der Waals surface area (Å²) < 4.78 is 12.6. The van der Waals surface area contributed by atoms with Crippen LogP contribution < -0.4 is 5.56 Å². The molecule has 1 aliphatic heterocycles. The molecule has 0 radical (unpaired) electrons. The molecule has 1 aromatic heterocycles. The Morgan fingerprint density at radius 2 is 1.60 bits per heavy atom. The number of nitrogens with zero attached hydrogens (tertiary/aromatic N) is 3. The van der Waals surface area contributed by atoms with Gasteiger partial charge in [0, 0.05) is 18.7 Å². The van der Waals surface area contributed by atoms with Crippen LogP contribution in [-0.2, 0) is 27.2 Å². The Labute approximate surface area is 206 Å². The van der Waals surface area contributed by atoms with Gasteiger partial charge in [0.1, 0.15) is 12.4 Å². The average molecular weight is 476 g/mol. The Balaban J connectivity index is 1.56. The predicted molar refractivity (Wildman–Crippen MR) is 134 cm³/mol. The van der Waals surface area contributed by atoms with Gasteiger partial charge in [-0.25, -0.2) is 4.98 Å². The van der Waals surface area contributed by atoms with Gasteiger partial charge in [-0.15, -0.1) is 0 Å². The van der Waals surface area contributed by atoms with Gasteiger partial charge < -0.3 is 14.4 Å². The van der Waals surface area contributed by atoms with E-state index in [0.717, 1.165) is 17.5 Å². The lowest BCUT2D eigenvalue weighted by atomic mass is 9.97. The van der Waals surface area contributed by atoms with Crippen molar-refractivity contribution in [3.63, 3.8) is 0 Å². The second-order valence-corrected chi connectivity index (χ2v) is 8.71. The highest BCUT2D eigenvalue weighted by molar-refractivity contribution is 5.77. The van der Waals surface area contributed by atoms with E-state index in [9.17, 15) is 9.59 Å². The molecule has 0 bridgehead atoms. The Hall–Kier alpha value is -3.29. The molecule has 0 spiro atoms. The van der Waals surface area contributed by atoms with Crippen molar-refractivity contribution in [1.29, 1.82) is 0 Å². The summed E-state index contributed by atoms with van der Waals surface area (Å²) in [5.74, 6) is 0.534. The second-order valence-electron chi connectivity index (χ2n) is 8.71. The van der Waals surface area contributed by atoms with Gasteiger partial charge in [-0.2, -0.15) is 0 Å². The quantitative estimate of drug-likeness (QED) is 0.420. The topological polar surface area (TPSA) is 73.7 Å². The third-order valence-corrected chi connectivity index (χ3v) is 6.23. The summed E-state index contributed by atoms with van der Waals surface area (Å²) in [6.07, 6.45) is 1.43. The first-order chi connectivity index (χ1) is 17.1. The van der Waals surface area contributed by atoms with Crippen molar-refractivity contribution < 1.29 is 14.3 Å². The van der Waals surface area contributed by atoms with Crippen molar-refractivity contribution in [2.45, 2.75) is 39.3 Å². The molecular formula is C28H33N3O4. The number of carbonyl (C=O) groups is 1. The van der Waals surface area contributed by atoms with Crippen molar-refractivity contribution >= 4 is 5.91 Å². The molecule has 0 atom stereocenters.